The molecular formula is C24H18N2. The third-order valence-electron chi connectivity index (χ3n) is 5.03. The Bertz CT molecular complexity index is 1290. The topological polar surface area (TPSA) is 25.8 Å². The summed E-state index contributed by atoms with van der Waals surface area (Å²) in [5.74, 6) is 0. The first-order chi connectivity index (χ1) is 12.7. The second kappa shape index (κ2) is 5.63. The summed E-state index contributed by atoms with van der Waals surface area (Å²) in [5.41, 5.74) is 6.47. The van der Waals surface area contributed by atoms with E-state index in [1.54, 1.807) is 0 Å². The molecular weight excluding hydrogens is 316 g/mol. The molecule has 0 aliphatic rings. The number of fused-ring (bicyclic) bond motifs is 6. The fraction of sp³-hybridized carbons (Fsp3) is 0.0833. The molecule has 0 bridgehead atoms. The third-order valence-corrected chi connectivity index (χ3v) is 5.03. The van der Waals surface area contributed by atoms with E-state index in [9.17, 15) is 0 Å². The van der Waals surface area contributed by atoms with Crippen molar-refractivity contribution in [1.82, 2.24) is 9.97 Å². The number of hydrogen-bond donors (Lipinski definition) is 0. The molecule has 0 unspecified atom stereocenters. The van der Waals surface area contributed by atoms with Crippen molar-refractivity contribution in [2.75, 3.05) is 0 Å². The molecule has 0 fully saturated rings. The van der Waals surface area contributed by atoms with Gasteiger partial charge in [-0.3, -0.25) is 4.98 Å². The van der Waals surface area contributed by atoms with E-state index in [0.29, 0.717) is 0 Å². The molecule has 1 heterocycles. The first kappa shape index (κ1) is 15.0. The summed E-state index contributed by atoms with van der Waals surface area (Å²) in [6, 6.07) is 23.2. The molecule has 1 aromatic heterocycles. The molecule has 26 heavy (non-hydrogen) atoms. The van der Waals surface area contributed by atoms with Crippen molar-refractivity contribution in [2.45, 2.75) is 13.8 Å². The molecule has 5 rings (SSSR count). The summed E-state index contributed by atoms with van der Waals surface area (Å²) in [5, 5.41) is 4.86. The summed E-state index contributed by atoms with van der Waals surface area (Å²) >= 11 is 0. The summed E-state index contributed by atoms with van der Waals surface area (Å²) in [6.07, 6.45) is 1.89. The Balaban J connectivity index is 2.00. The molecule has 0 spiro atoms. The van der Waals surface area contributed by atoms with Crippen LogP contribution in [0.5, 0.6) is 0 Å². The molecule has 2 nitrogen and oxygen atoms in total. The van der Waals surface area contributed by atoms with Crippen molar-refractivity contribution in [3.05, 3.63) is 84.1 Å². The molecule has 2 heteroatoms. The van der Waals surface area contributed by atoms with Gasteiger partial charge < -0.3 is 0 Å². The number of rotatable bonds is 1. The smallest absolute Gasteiger partial charge is 0.0981 e. The molecule has 0 amide bonds. The monoisotopic (exact) mass is 334 g/mol. The zero-order valence-electron chi connectivity index (χ0n) is 14.8. The molecule has 4 aromatic carbocycles. The van der Waals surface area contributed by atoms with Gasteiger partial charge in [0.05, 0.1) is 22.9 Å². The molecule has 0 N–H and O–H groups in total. The number of benzene rings is 4. The van der Waals surface area contributed by atoms with Gasteiger partial charge in [0, 0.05) is 16.3 Å². The average molecular weight is 334 g/mol. The SMILES string of the molecule is Cc1cc(C)c2c(c1)c1ccccc1c1ncc(-c3ccccc3)nc12. The molecule has 5 aromatic rings. The van der Waals surface area contributed by atoms with Gasteiger partial charge in [-0.15, -0.1) is 0 Å². The lowest BCUT2D eigenvalue weighted by Crippen LogP contribution is -1.94. The summed E-state index contributed by atoms with van der Waals surface area (Å²) < 4.78 is 0. The van der Waals surface area contributed by atoms with E-state index in [4.69, 9.17) is 9.97 Å². The van der Waals surface area contributed by atoms with E-state index in [1.165, 1.54) is 27.3 Å². The summed E-state index contributed by atoms with van der Waals surface area (Å²) in [6.45, 7) is 4.32. The van der Waals surface area contributed by atoms with E-state index in [-0.39, 0.29) is 0 Å². The minimum Gasteiger partial charge on any atom is -0.252 e. The molecule has 0 radical (unpaired) electrons. The highest BCUT2D eigenvalue weighted by Gasteiger charge is 2.14. The Hall–Kier alpha value is -3.26. The predicted octanol–water partition coefficient (Wildman–Crippen LogP) is 6.22. The number of hydrogen-bond acceptors (Lipinski definition) is 2. The molecule has 0 saturated carbocycles. The van der Waals surface area contributed by atoms with Crippen LogP contribution in [0.2, 0.25) is 0 Å². The van der Waals surface area contributed by atoms with Gasteiger partial charge in [-0.05, 0) is 30.2 Å². The average Bonchev–Trinajstić information content (AvgIpc) is 2.68. The van der Waals surface area contributed by atoms with Gasteiger partial charge in [0.25, 0.3) is 0 Å². The van der Waals surface area contributed by atoms with Crippen LogP contribution < -0.4 is 0 Å². The van der Waals surface area contributed by atoms with Gasteiger partial charge in [0.15, 0.2) is 0 Å². The van der Waals surface area contributed by atoms with Crippen LogP contribution in [0.15, 0.2) is 72.9 Å². The Morgan fingerprint density at radius 2 is 1.42 bits per heavy atom. The third kappa shape index (κ3) is 2.19. The van der Waals surface area contributed by atoms with Crippen LogP contribution in [0.3, 0.4) is 0 Å². The largest absolute Gasteiger partial charge is 0.252 e. The Labute approximate surface area is 152 Å². The lowest BCUT2D eigenvalue weighted by atomic mass is 9.95. The van der Waals surface area contributed by atoms with Crippen molar-refractivity contribution in [3.63, 3.8) is 0 Å². The summed E-state index contributed by atoms with van der Waals surface area (Å²) in [7, 11) is 0. The van der Waals surface area contributed by atoms with Crippen LogP contribution in [0, 0.1) is 13.8 Å². The van der Waals surface area contributed by atoms with Gasteiger partial charge in [-0.25, -0.2) is 4.98 Å². The minimum atomic E-state index is 0.912. The van der Waals surface area contributed by atoms with Crippen LogP contribution in [0.25, 0.3) is 43.8 Å². The van der Waals surface area contributed by atoms with Crippen molar-refractivity contribution in [2.24, 2.45) is 0 Å². The summed E-state index contributed by atoms with van der Waals surface area (Å²) in [4.78, 5) is 9.89. The van der Waals surface area contributed by atoms with Gasteiger partial charge in [-0.1, -0.05) is 72.3 Å². The fourth-order valence-electron chi connectivity index (χ4n) is 3.93. The Morgan fingerprint density at radius 3 is 2.23 bits per heavy atom. The zero-order chi connectivity index (χ0) is 17.7. The quantitative estimate of drug-likeness (QED) is 0.340. The van der Waals surface area contributed by atoms with Gasteiger partial charge in [0.1, 0.15) is 0 Å². The van der Waals surface area contributed by atoms with Crippen molar-refractivity contribution in [1.29, 1.82) is 0 Å². The standard InChI is InChI=1S/C24H18N2/c1-15-12-16(2)22-20(13-15)18-10-6-7-11-19(18)23-24(22)26-21(14-25-23)17-8-4-3-5-9-17/h3-14H,1-2H3. The molecule has 0 saturated heterocycles. The molecule has 0 aliphatic heterocycles. The van der Waals surface area contributed by atoms with Gasteiger partial charge in [-0.2, -0.15) is 0 Å². The van der Waals surface area contributed by atoms with Crippen LogP contribution >= 0.6 is 0 Å². The first-order valence-corrected chi connectivity index (χ1v) is 8.86. The maximum atomic E-state index is 5.05. The molecule has 0 aliphatic carbocycles. The number of aromatic nitrogens is 2. The van der Waals surface area contributed by atoms with E-state index in [0.717, 1.165) is 27.7 Å². The van der Waals surface area contributed by atoms with Crippen molar-refractivity contribution < 1.29 is 0 Å². The maximum Gasteiger partial charge on any atom is 0.0981 e. The second-order valence-corrected chi connectivity index (χ2v) is 6.87. The first-order valence-electron chi connectivity index (χ1n) is 8.86. The lowest BCUT2D eigenvalue weighted by molar-refractivity contribution is 1.30. The fourth-order valence-corrected chi connectivity index (χ4v) is 3.93. The highest BCUT2D eigenvalue weighted by atomic mass is 14.8. The Kier molecular flexibility index (Phi) is 3.26. The molecule has 124 valence electrons. The zero-order valence-corrected chi connectivity index (χ0v) is 14.8. The van der Waals surface area contributed by atoms with Crippen LogP contribution in [-0.4, -0.2) is 9.97 Å². The van der Waals surface area contributed by atoms with E-state index in [2.05, 4.69) is 62.4 Å². The van der Waals surface area contributed by atoms with Gasteiger partial charge in [0.2, 0.25) is 0 Å². The van der Waals surface area contributed by atoms with Crippen LogP contribution in [-0.2, 0) is 0 Å². The van der Waals surface area contributed by atoms with E-state index < -0.39 is 0 Å². The van der Waals surface area contributed by atoms with Crippen molar-refractivity contribution in [3.8, 4) is 11.3 Å². The highest BCUT2D eigenvalue weighted by Crippen LogP contribution is 2.36. The van der Waals surface area contributed by atoms with Crippen LogP contribution in [0.4, 0.5) is 0 Å². The maximum absolute atomic E-state index is 5.05. The Morgan fingerprint density at radius 1 is 0.692 bits per heavy atom. The van der Waals surface area contributed by atoms with Crippen molar-refractivity contribution >= 4 is 32.6 Å². The van der Waals surface area contributed by atoms with Gasteiger partial charge >= 0.3 is 0 Å². The normalized spacial score (nSPS) is 11.5. The predicted molar refractivity (Wildman–Crippen MR) is 109 cm³/mol. The lowest BCUT2D eigenvalue weighted by Gasteiger charge is -2.13. The van der Waals surface area contributed by atoms with E-state index >= 15 is 0 Å². The number of aryl methyl sites for hydroxylation is 2. The highest BCUT2D eigenvalue weighted by molar-refractivity contribution is 6.24. The van der Waals surface area contributed by atoms with Crippen LogP contribution in [0.1, 0.15) is 11.1 Å². The van der Waals surface area contributed by atoms with E-state index in [1.807, 2.05) is 24.4 Å². The minimum absolute atomic E-state index is 0.912. The second-order valence-electron chi connectivity index (χ2n) is 6.87. The molecule has 0 atom stereocenters. The number of nitrogens with zero attached hydrogens (tertiary/aromatic N) is 2.